The molecule has 2 aliphatic heterocycles. The Morgan fingerprint density at radius 1 is 1.39 bits per heavy atom. The Hall–Kier alpha value is -1.39. The number of nitrogens with one attached hydrogen (secondary N) is 1. The van der Waals surface area contributed by atoms with Crippen LogP contribution in [0.25, 0.3) is 0 Å². The zero-order chi connectivity index (χ0) is 12.7. The first kappa shape index (κ1) is 11.7. The molecule has 0 spiro atoms. The van der Waals surface area contributed by atoms with E-state index in [1.807, 2.05) is 13.1 Å². The summed E-state index contributed by atoms with van der Waals surface area (Å²) in [6.45, 7) is 3.59. The van der Waals surface area contributed by atoms with Gasteiger partial charge in [0.15, 0.2) is 0 Å². The van der Waals surface area contributed by atoms with Crippen molar-refractivity contribution in [3.8, 4) is 0 Å². The molecule has 1 N–H and O–H groups in total. The minimum absolute atomic E-state index is 0.170. The number of morpholine rings is 1. The molecule has 2 aliphatic rings. The van der Waals surface area contributed by atoms with Crippen molar-refractivity contribution in [1.29, 1.82) is 0 Å². The number of benzene rings is 1. The van der Waals surface area contributed by atoms with Crippen LogP contribution < -0.4 is 10.2 Å². The summed E-state index contributed by atoms with van der Waals surface area (Å²) in [5, 5.41) is 3.52. The van der Waals surface area contributed by atoms with Gasteiger partial charge in [-0.25, -0.2) is 0 Å². The van der Waals surface area contributed by atoms with Gasteiger partial charge in [-0.05, 0) is 24.1 Å². The number of fused-ring (bicyclic) bond motifs is 1. The number of ether oxygens (including phenoxy) is 1. The molecule has 0 saturated carbocycles. The van der Waals surface area contributed by atoms with Crippen molar-refractivity contribution in [2.75, 3.05) is 25.2 Å². The summed E-state index contributed by atoms with van der Waals surface area (Å²) in [7, 11) is 1.83. The van der Waals surface area contributed by atoms with Crippen molar-refractivity contribution in [2.24, 2.45) is 0 Å². The summed E-state index contributed by atoms with van der Waals surface area (Å²) in [6, 6.07) is 6.88. The second-order valence-electron chi connectivity index (χ2n) is 5.18. The predicted octanol–water partition coefficient (Wildman–Crippen LogP) is 1.25. The lowest BCUT2D eigenvalue weighted by atomic mass is 10.0. The Balaban J connectivity index is 1.87. The van der Waals surface area contributed by atoms with E-state index in [0.717, 1.165) is 17.9 Å². The molecule has 2 heterocycles. The Bertz CT molecular complexity index is 487. The summed E-state index contributed by atoms with van der Waals surface area (Å²) >= 11 is 0. The molecule has 18 heavy (non-hydrogen) atoms. The van der Waals surface area contributed by atoms with E-state index in [1.54, 1.807) is 4.90 Å². The SMILES string of the molecule is CC1COCC(c2ccc3c(c2)CC(=O)N3C)N1. The molecular weight excluding hydrogens is 228 g/mol. The van der Waals surface area contributed by atoms with Gasteiger partial charge in [-0.1, -0.05) is 12.1 Å². The van der Waals surface area contributed by atoms with Gasteiger partial charge in [-0.2, -0.15) is 0 Å². The largest absolute Gasteiger partial charge is 0.378 e. The maximum atomic E-state index is 11.7. The molecule has 1 saturated heterocycles. The van der Waals surface area contributed by atoms with Gasteiger partial charge in [0.25, 0.3) is 0 Å². The van der Waals surface area contributed by atoms with Crippen LogP contribution in [0.1, 0.15) is 24.1 Å². The maximum absolute atomic E-state index is 11.7. The highest BCUT2D eigenvalue weighted by molar-refractivity contribution is 6.00. The third-order valence-electron chi connectivity index (χ3n) is 3.72. The average molecular weight is 246 g/mol. The highest BCUT2D eigenvalue weighted by Crippen LogP contribution is 2.30. The van der Waals surface area contributed by atoms with Gasteiger partial charge in [0.2, 0.25) is 5.91 Å². The molecule has 1 aromatic carbocycles. The van der Waals surface area contributed by atoms with E-state index >= 15 is 0 Å². The molecule has 4 nitrogen and oxygen atoms in total. The first-order chi connectivity index (χ1) is 8.65. The number of nitrogens with zero attached hydrogens (tertiary/aromatic N) is 1. The predicted molar refractivity (Wildman–Crippen MR) is 69.7 cm³/mol. The fourth-order valence-electron chi connectivity index (χ4n) is 2.70. The fraction of sp³-hybridized carbons (Fsp3) is 0.500. The number of likely N-dealkylation sites (N-methyl/N-ethyl adjacent to an activating group) is 1. The third kappa shape index (κ3) is 1.91. The Labute approximate surface area is 107 Å². The monoisotopic (exact) mass is 246 g/mol. The highest BCUT2D eigenvalue weighted by Gasteiger charge is 2.26. The summed E-state index contributed by atoms with van der Waals surface area (Å²) in [5.41, 5.74) is 3.37. The molecule has 1 aromatic rings. The second-order valence-corrected chi connectivity index (χ2v) is 5.18. The van der Waals surface area contributed by atoms with Gasteiger partial charge in [0, 0.05) is 18.8 Å². The summed E-state index contributed by atoms with van der Waals surface area (Å²) in [4.78, 5) is 13.4. The molecule has 0 aliphatic carbocycles. The van der Waals surface area contributed by atoms with Crippen molar-refractivity contribution >= 4 is 11.6 Å². The molecule has 2 atom stereocenters. The summed E-state index contributed by atoms with van der Waals surface area (Å²) in [5.74, 6) is 0.170. The van der Waals surface area contributed by atoms with Gasteiger partial charge in [-0.3, -0.25) is 4.79 Å². The number of hydrogen-bond donors (Lipinski definition) is 1. The van der Waals surface area contributed by atoms with Crippen molar-refractivity contribution in [3.05, 3.63) is 29.3 Å². The van der Waals surface area contributed by atoms with Crippen LogP contribution in [-0.2, 0) is 16.0 Å². The standard InChI is InChI=1S/C14H18N2O2/c1-9-7-18-8-12(15-9)10-3-4-13-11(5-10)6-14(17)16(13)2/h3-5,9,12,15H,6-8H2,1-2H3. The van der Waals surface area contributed by atoms with E-state index in [9.17, 15) is 4.79 Å². The van der Waals surface area contributed by atoms with Crippen LogP contribution in [-0.4, -0.2) is 32.2 Å². The average Bonchev–Trinajstić information content (AvgIpc) is 2.65. The first-order valence-electron chi connectivity index (χ1n) is 6.38. The van der Waals surface area contributed by atoms with Crippen LogP contribution in [0.3, 0.4) is 0 Å². The van der Waals surface area contributed by atoms with Gasteiger partial charge >= 0.3 is 0 Å². The number of carbonyl (C=O) groups excluding carboxylic acids is 1. The van der Waals surface area contributed by atoms with Crippen LogP contribution >= 0.6 is 0 Å². The van der Waals surface area contributed by atoms with Crippen LogP contribution in [0.15, 0.2) is 18.2 Å². The van der Waals surface area contributed by atoms with Crippen LogP contribution in [0.2, 0.25) is 0 Å². The lowest BCUT2D eigenvalue weighted by Gasteiger charge is -2.29. The normalized spacial score (nSPS) is 27.4. The van der Waals surface area contributed by atoms with Crippen LogP contribution in [0, 0.1) is 0 Å². The lowest BCUT2D eigenvalue weighted by Crippen LogP contribution is -2.41. The Morgan fingerprint density at radius 3 is 3.00 bits per heavy atom. The molecule has 96 valence electrons. The van der Waals surface area contributed by atoms with E-state index in [0.29, 0.717) is 19.1 Å². The number of amides is 1. The molecular formula is C14H18N2O2. The summed E-state index contributed by atoms with van der Waals surface area (Å²) < 4.78 is 5.57. The van der Waals surface area contributed by atoms with Gasteiger partial charge < -0.3 is 15.0 Å². The molecule has 0 radical (unpaired) electrons. The number of anilines is 1. The van der Waals surface area contributed by atoms with E-state index in [-0.39, 0.29) is 11.9 Å². The van der Waals surface area contributed by atoms with E-state index < -0.39 is 0 Å². The number of hydrogen-bond acceptors (Lipinski definition) is 3. The van der Waals surface area contributed by atoms with E-state index in [4.69, 9.17) is 4.74 Å². The quantitative estimate of drug-likeness (QED) is 0.811. The molecule has 1 amide bonds. The second kappa shape index (κ2) is 4.37. The number of rotatable bonds is 1. The molecule has 3 rings (SSSR count). The zero-order valence-electron chi connectivity index (χ0n) is 10.8. The zero-order valence-corrected chi connectivity index (χ0v) is 10.8. The third-order valence-corrected chi connectivity index (χ3v) is 3.72. The Kier molecular flexibility index (Phi) is 2.84. The fourth-order valence-corrected chi connectivity index (χ4v) is 2.70. The Morgan fingerprint density at radius 2 is 2.22 bits per heavy atom. The minimum atomic E-state index is 0.170. The van der Waals surface area contributed by atoms with Gasteiger partial charge in [0.05, 0.1) is 25.7 Å². The molecule has 2 unspecified atom stereocenters. The van der Waals surface area contributed by atoms with Gasteiger partial charge in [-0.15, -0.1) is 0 Å². The molecule has 0 bridgehead atoms. The number of carbonyl (C=O) groups is 1. The van der Waals surface area contributed by atoms with Crippen LogP contribution in [0.4, 0.5) is 5.69 Å². The smallest absolute Gasteiger partial charge is 0.231 e. The van der Waals surface area contributed by atoms with Crippen LogP contribution in [0.5, 0.6) is 0 Å². The van der Waals surface area contributed by atoms with Gasteiger partial charge in [0.1, 0.15) is 0 Å². The molecule has 1 fully saturated rings. The minimum Gasteiger partial charge on any atom is -0.378 e. The topological polar surface area (TPSA) is 41.6 Å². The maximum Gasteiger partial charge on any atom is 0.231 e. The van der Waals surface area contributed by atoms with E-state index in [2.05, 4.69) is 24.4 Å². The highest BCUT2D eigenvalue weighted by atomic mass is 16.5. The van der Waals surface area contributed by atoms with E-state index in [1.165, 1.54) is 5.56 Å². The molecule has 4 heteroatoms. The van der Waals surface area contributed by atoms with Crippen molar-refractivity contribution in [1.82, 2.24) is 5.32 Å². The molecule has 0 aromatic heterocycles. The van der Waals surface area contributed by atoms with Crippen molar-refractivity contribution < 1.29 is 9.53 Å². The van der Waals surface area contributed by atoms with Crippen molar-refractivity contribution in [3.63, 3.8) is 0 Å². The van der Waals surface area contributed by atoms with Crippen molar-refractivity contribution in [2.45, 2.75) is 25.4 Å². The lowest BCUT2D eigenvalue weighted by molar-refractivity contribution is -0.117. The summed E-state index contributed by atoms with van der Waals surface area (Å²) in [6.07, 6.45) is 0.517. The first-order valence-corrected chi connectivity index (χ1v) is 6.38.